The van der Waals surface area contributed by atoms with Crippen LogP contribution in [0.15, 0.2) is 4.99 Å². The lowest BCUT2D eigenvalue weighted by Crippen LogP contribution is -2.47. The number of guanidine groups is 1. The van der Waals surface area contributed by atoms with Gasteiger partial charge in [0.05, 0.1) is 31.5 Å². The Balaban J connectivity index is 1.23. The molecule has 0 radical (unpaired) electrons. The van der Waals surface area contributed by atoms with Gasteiger partial charge in [-0.05, 0) is 51.4 Å². The van der Waals surface area contributed by atoms with E-state index in [0.717, 1.165) is 90.7 Å². The van der Waals surface area contributed by atoms with Crippen LogP contribution in [-0.4, -0.2) is 88.9 Å². The van der Waals surface area contributed by atoms with Gasteiger partial charge >= 0.3 is 0 Å². The van der Waals surface area contributed by atoms with Gasteiger partial charge in [-0.1, -0.05) is 0 Å². The van der Waals surface area contributed by atoms with E-state index in [-0.39, 0.29) is 0 Å². The summed E-state index contributed by atoms with van der Waals surface area (Å²) in [6, 6.07) is 0. The van der Waals surface area contributed by atoms with Crippen LogP contribution in [0.4, 0.5) is 0 Å². The molecule has 0 spiro atoms. The van der Waals surface area contributed by atoms with Crippen molar-refractivity contribution in [2.45, 2.75) is 69.7 Å². The topological polar surface area (TPSA) is 64.6 Å². The molecule has 0 aromatic heterocycles. The minimum atomic E-state index is 0.309. The molecule has 28 heavy (non-hydrogen) atoms. The molecule has 1 N–H and O–H groups in total. The van der Waals surface area contributed by atoms with Crippen molar-refractivity contribution >= 4 is 5.96 Å². The fourth-order valence-corrected chi connectivity index (χ4v) is 4.11. The zero-order valence-corrected chi connectivity index (χ0v) is 17.6. The van der Waals surface area contributed by atoms with E-state index in [0.29, 0.717) is 18.3 Å². The molecule has 0 aromatic rings. The van der Waals surface area contributed by atoms with Gasteiger partial charge in [0.2, 0.25) is 0 Å². The molecule has 162 valence electrons. The highest BCUT2D eigenvalue weighted by Crippen LogP contribution is 2.18. The Hall–Kier alpha value is -0.890. The number of rotatable bonds is 9. The van der Waals surface area contributed by atoms with Crippen molar-refractivity contribution in [3.05, 3.63) is 0 Å². The van der Waals surface area contributed by atoms with Gasteiger partial charge in [-0.25, -0.2) is 0 Å². The smallest absolute Gasteiger partial charge is 0.193 e. The molecule has 3 fully saturated rings. The molecule has 0 saturated carbocycles. The minimum Gasteiger partial charge on any atom is -0.379 e. The molecule has 0 bridgehead atoms. The Morgan fingerprint density at radius 1 is 1.00 bits per heavy atom. The molecule has 0 amide bonds. The van der Waals surface area contributed by atoms with E-state index in [1.54, 1.807) is 0 Å². The molecule has 3 aliphatic heterocycles. The van der Waals surface area contributed by atoms with Crippen molar-refractivity contribution in [2.24, 2.45) is 4.99 Å². The van der Waals surface area contributed by atoms with Crippen LogP contribution in [0.25, 0.3) is 0 Å². The van der Waals surface area contributed by atoms with Crippen LogP contribution in [0, 0.1) is 0 Å². The van der Waals surface area contributed by atoms with Crippen molar-refractivity contribution in [1.82, 2.24) is 10.2 Å². The maximum absolute atomic E-state index is 6.11. The normalized spacial score (nSPS) is 27.3. The van der Waals surface area contributed by atoms with Crippen molar-refractivity contribution in [3.8, 4) is 0 Å². The Bertz CT molecular complexity index is 443. The first-order chi connectivity index (χ1) is 13.8. The van der Waals surface area contributed by atoms with Crippen LogP contribution >= 0.6 is 0 Å². The largest absolute Gasteiger partial charge is 0.379 e. The third-order valence-electron chi connectivity index (χ3n) is 5.82. The van der Waals surface area contributed by atoms with E-state index in [9.17, 15) is 0 Å². The highest BCUT2D eigenvalue weighted by Gasteiger charge is 2.23. The highest BCUT2D eigenvalue weighted by molar-refractivity contribution is 5.79. The van der Waals surface area contributed by atoms with E-state index in [1.165, 1.54) is 19.3 Å². The Morgan fingerprint density at radius 2 is 1.75 bits per heavy atom. The lowest BCUT2D eigenvalue weighted by atomic mass is 10.1. The SMILES string of the molecule is CN=C(NCCCOCC1CCCO1)N1CCC(OCC2CCCCO2)CC1. The van der Waals surface area contributed by atoms with Gasteiger partial charge in [0, 0.05) is 46.5 Å². The van der Waals surface area contributed by atoms with Crippen molar-refractivity contribution in [1.29, 1.82) is 0 Å². The average molecular weight is 398 g/mol. The monoisotopic (exact) mass is 397 g/mol. The summed E-state index contributed by atoms with van der Waals surface area (Å²) in [5.74, 6) is 0.994. The second-order valence-corrected chi connectivity index (χ2v) is 8.05. The molecule has 3 aliphatic rings. The molecule has 3 heterocycles. The van der Waals surface area contributed by atoms with E-state index in [2.05, 4.69) is 15.2 Å². The van der Waals surface area contributed by atoms with Crippen LogP contribution in [0.3, 0.4) is 0 Å². The Labute approximate surface area is 170 Å². The third-order valence-corrected chi connectivity index (χ3v) is 5.82. The fraction of sp³-hybridized carbons (Fsp3) is 0.952. The third kappa shape index (κ3) is 7.50. The number of nitrogens with zero attached hydrogens (tertiary/aromatic N) is 2. The van der Waals surface area contributed by atoms with Crippen LogP contribution in [0.1, 0.15) is 51.4 Å². The number of hydrogen-bond donors (Lipinski definition) is 1. The van der Waals surface area contributed by atoms with Crippen molar-refractivity contribution in [3.63, 3.8) is 0 Å². The van der Waals surface area contributed by atoms with E-state index >= 15 is 0 Å². The highest BCUT2D eigenvalue weighted by atomic mass is 16.5. The summed E-state index contributed by atoms with van der Waals surface area (Å²) in [6.45, 7) is 6.90. The summed E-state index contributed by atoms with van der Waals surface area (Å²) >= 11 is 0. The average Bonchev–Trinajstić information content (AvgIpc) is 3.27. The van der Waals surface area contributed by atoms with Gasteiger partial charge < -0.3 is 29.2 Å². The Kier molecular flexibility index (Phi) is 9.83. The lowest BCUT2D eigenvalue weighted by Gasteiger charge is -2.35. The van der Waals surface area contributed by atoms with Gasteiger partial charge in [-0.3, -0.25) is 4.99 Å². The van der Waals surface area contributed by atoms with Crippen molar-refractivity contribution in [2.75, 3.05) is 59.7 Å². The second kappa shape index (κ2) is 12.6. The number of hydrogen-bond acceptors (Lipinski definition) is 5. The molecule has 0 aromatic carbocycles. The number of aliphatic imine (C=N–C) groups is 1. The Morgan fingerprint density at radius 3 is 2.46 bits per heavy atom. The number of ether oxygens (including phenoxy) is 4. The standard InChI is InChI=1S/C21H39N3O4/c1-22-21(23-10-5-13-25-16-19-7-4-15-27-19)24-11-8-18(9-12-24)28-17-20-6-2-3-14-26-20/h18-20H,2-17H2,1H3,(H,22,23). The van der Waals surface area contributed by atoms with E-state index in [4.69, 9.17) is 18.9 Å². The summed E-state index contributed by atoms with van der Waals surface area (Å²) < 4.78 is 23.2. The summed E-state index contributed by atoms with van der Waals surface area (Å²) in [5, 5.41) is 3.47. The predicted molar refractivity (Wildman–Crippen MR) is 110 cm³/mol. The van der Waals surface area contributed by atoms with E-state index in [1.807, 2.05) is 7.05 Å². The van der Waals surface area contributed by atoms with Gasteiger partial charge in [0.25, 0.3) is 0 Å². The maximum atomic E-state index is 6.11. The molecule has 2 atom stereocenters. The zero-order valence-electron chi connectivity index (χ0n) is 17.6. The second-order valence-electron chi connectivity index (χ2n) is 8.05. The van der Waals surface area contributed by atoms with Gasteiger partial charge in [-0.15, -0.1) is 0 Å². The van der Waals surface area contributed by atoms with Crippen LogP contribution in [0.2, 0.25) is 0 Å². The van der Waals surface area contributed by atoms with Gasteiger partial charge in [0.15, 0.2) is 5.96 Å². The summed E-state index contributed by atoms with van der Waals surface area (Å²) in [5.41, 5.74) is 0. The first kappa shape index (κ1) is 21.8. The lowest BCUT2D eigenvalue weighted by molar-refractivity contribution is -0.0721. The molecule has 0 aliphatic carbocycles. The number of nitrogens with one attached hydrogen (secondary N) is 1. The van der Waals surface area contributed by atoms with Crippen LogP contribution in [0.5, 0.6) is 0 Å². The number of piperidine rings is 1. The van der Waals surface area contributed by atoms with E-state index < -0.39 is 0 Å². The molecule has 7 heteroatoms. The fourth-order valence-electron chi connectivity index (χ4n) is 4.11. The quantitative estimate of drug-likeness (QED) is 0.366. The van der Waals surface area contributed by atoms with Crippen LogP contribution < -0.4 is 5.32 Å². The molecule has 2 unspecified atom stereocenters. The van der Waals surface area contributed by atoms with Gasteiger partial charge in [0.1, 0.15) is 0 Å². The predicted octanol–water partition coefficient (Wildman–Crippen LogP) is 2.20. The first-order valence-corrected chi connectivity index (χ1v) is 11.2. The molecule has 3 saturated heterocycles. The summed E-state index contributed by atoms with van der Waals surface area (Å²) in [4.78, 5) is 6.78. The maximum Gasteiger partial charge on any atom is 0.193 e. The minimum absolute atomic E-state index is 0.309. The molecular weight excluding hydrogens is 358 g/mol. The first-order valence-electron chi connectivity index (χ1n) is 11.2. The molecule has 7 nitrogen and oxygen atoms in total. The molecular formula is C21H39N3O4. The number of likely N-dealkylation sites (tertiary alicyclic amines) is 1. The summed E-state index contributed by atoms with van der Waals surface area (Å²) in [6.07, 6.45) is 9.98. The zero-order chi connectivity index (χ0) is 19.4. The summed E-state index contributed by atoms with van der Waals surface area (Å²) in [7, 11) is 1.86. The molecule has 3 rings (SSSR count). The van der Waals surface area contributed by atoms with Crippen LogP contribution in [-0.2, 0) is 18.9 Å². The van der Waals surface area contributed by atoms with Gasteiger partial charge in [-0.2, -0.15) is 0 Å². The van der Waals surface area contributed by atoms with Crippen molar-refractivity contribution < 1.29 is 18.9 Å².